The second-order valence-corrected chi connectivity index (χ2v) is 5.40. The van der Waals surface area contributed by atoms with E-state index in [1.165, 1.54) is 12.1 Å². The van der Waals surface area contributed by atoms with Crippen LogP contribution in [0.5, 0.6) is 0 Å². The summed E-state index contributed by atoms with van der Waals surface area (Å²) in [7, 11) is 0. The van der Waals surface area contributed by atoms with Gasteiger partial charge in [-0.3, -0.25) is 4.79 Å². The average molecular weight is 267 g/mol. The van der Waals surface area contributed by atoms with Crippen LogP contribution in [-0.4, -0.2) is 24.7 Å². The Kier molecular flexibility index (Phi) is 5.33. The molecule has 0 aliphatic rings. The third-order valence-corrected chi connectivity index (χ3v) is 2.56. The third kappa shape index (κ3) is 5.73. The number of esters is 1. The van der Waals surface area contributed by atoms with Crippen molar-refractivity contribution in [2.45, 2.75) is 39.7 Å². The van der Waals surface area contributed by atoms with Crippen LogP contribution in [0.2, 0.25) is 0 Å². The molecule has 1 rings (SSSR count). The van der Waals surface area contributed by atoms with Crippen LogP contribution in [-0.2, 0) is 9.53 Å². The van der Waals surface area contributed by atoms with Gasteiger partial charge >= 0.3 is 5.97 Å². The summed E-state index contributed by atoms with van der Waals surface area (Å²) >= 11 is 0. The fraction of sp³-hybridized carbons (Fsp3) is 0.533. The second kappa shape index (κ2) is 6.55. The maximum absolute atomic E-state index is 13.2. The molecule has 4 heteroatoms. The summed E-state index contributed by atoms with van der Waals surface area (Å²) < 4.78 is 18.4. The van der Waals surface area contributed by atoms with Crippen LogP contribution in [0.4, 0.5) is 10.1 Å². The smallest absolute Gasteiger partial charge is 0.308 e. The van der Waals surface area contributed by atoms with E-state index in [2.05, 4.69) is 0 Å². The van der Waals surface area contributed by atoms with E-state index in [4.69, 9.17) is 4.74 Å². The van der Waals surface area contributed by atoms with E-state index in [1.54, 1.807) is 6.07 Å². The average Bonchev–Trinajstić information content (AvgIpc) is 2.27. The van der Waals surface area contributed by atoms with Crippen LogP contribution < -0.4 is 4.90 Å². The molecule has 0 aliphatic carbocycles. The standard InChI is InChI=1S/C15H22FNO2/c1-5-17(13-8-6-7-12(16)11-13)10-9-14(18)19-15(2,3)4/h6-8,11H,5,9-10H2,1-4H3. The molecule has 0 heterocycles. The first kappa shape index (κ1) is 15.5. The summed E-state index contributed by atoms with van der Waals surface area (Å²) in [6.45, 7) is 8.74. The lowest BCUT2D eigenvalue weighted by Gasteiger charge is -2.24. The Morgan fingerprint density at radius 1 is 1.37 bits per heavy atom. The first-order valence-corrected chi connectivity index (χ1v) is 6.54. The Hall–Kier alpha value is -1.58. The quantitative estimate of drug-likeness (QED) is 0.766. The first-order valence-electron chi connectivity index (χ1n) is 6.54. The largest absolute Gasteiger partial charge is 0.460 e. The van der Waals surface area contributed by atoms with E-state index in [0.29, 0.717) is 19.5 Å². The minimum Gasteiger partial charge on any atom is -0.460 e. The van der Waals surface area contributed by atoms with Crippen molar-refractivity contribution in [3.05, 3.63) is 30.1 Å². The van der Waals surface area contributed by atoms with E-state index < -0.39 is 5.60 Å². The number of ether oxygens (including phenoxy) is 1. The molecule has 0 bridgehead atoms. The van der Waals surface area contributed by atoms with Crippen molar-refractivity contribution in [3.63, 3.8) is 0 Å². The highest BCUT2D eigenvalue weighted by Gasteiger charge is 2.17. The molecule has 0 aliphatic heterocycles. The van der Waals surface area contributed by atoms with Gasteiger partial charge in [0.25, 0.3) is 0 Å². The number of anilines is 1. The summed E-state index contributed by atoms with van der Waals surface area (Å²) in [6.07, 6.45) is 0.293. The van der Waals surface area contributed by atoms with Crippen molar-refractivity contribution in [1.82, 2.24) is 0 Å². The van der Waals surface area contributed by atoms with Crippen LogP contribution in [0.3, 0.4) is 0 Å². The molecule has 106 valence electrons. The summed E-state index contributed by atoms with van der Waals surface area (Å²) in [5.41, 5.74) is 0.318. The molecule has 0 unspecified atom stereocenters. The number of carbonyl (C=O) groups excluding carboxylic acids is 1. The summed E-state index contributed by atoms with van der Waals surface area (Å²) in [5, 5.41) is 0. The predicted octanol–water partition coefficient (Wildman–Crippen LogP) is 3.38. The normalized spacial score (nSPS) is 11.2. The van der Waals surface area contributed by atoms with Crippen LogP contribution in [0.15, 0.2) is 24.3 Å². The lowest BCUT2D eigenvalue weighted by Crippen LogP contribution is -2.29. The monoisotopic (exact) mass is 267 g/mol. The van der Waals surface area contributed by atoms with E-state index >= 15 is 0 Å². The highest BCUT2D eigenvalue weighted by molar-refractivity contribution is 5.70. The van der Waals surface area contributed by atoms with Gasteiger partial charge < -0.3 is 9.64 Å². The number of carbonyl (C=O) groups is 1. The Bertz CT molecular complexity index is 426. The van der Waals surface area contributed by atoms with E-state index in [1.807, 2.05) is 38.7 Å². The van der Waals surface area contributed by atoms with Crippen LogP contribution >= 0.6 is 0 Å². The lowest BCUT2D eigenvalue weighted by atomic mass is 10.2. The zero-order valence-corrected chi connectivity index (χ0v) is 12.1. The molecule has 3 nitrogen and oxygen atoms in total. The molecule has 0 radical (unpaired) electrons. The SMILES string of the molecule is CCN(CCC(=O)OC(C)(C)C)c1cccc(F)c1. The van der Waals surface area contributed by atoms with Crippen molar-refractivity contribution in [2.24, 2.45) is 0 Å². The summed E-state index contributed by atoms with van der Waals surface area (Å²) in [5.74, 6) is -0.504. The highest BCUT2D eigenvalue weighted by atomic mass is 19.1. The van der Waals surface area contributed by atoms with Crippen molar-refractivity contribution in [2.75, 3.05) is 18.0 Å². The van der Waals surface area contributed by atoms with Crippen molar-refractivity contribution in [1.29, 1.82) is 0 Å². The number of nitrogens with zero attached hydrogens (tertiary/aromatic N) is 1. The van der Waals surface area contributed by atoms with E-state index in [9.17, 15) is 9.18 Å². The number of benzene rings is 1. The van der Waals surface area contributed by atoms with Gasteiger partial charge in [-0.2, -0.15) is 0 Å². The molecular weight excluding hydrogens is 245 g/mol. The highest BCUT2D eigenvalue weighted by Crippen LogP contribution is 2.16. The van der Waals surface area contributed by atoms with Gasteiger partial charge in [0.1, 0.15) is 11.4 Å². The Morgan fingerprint density at radius 2 is 2.05 bits per heavy atom. The maximum Gasteiger partial charge on any atom is 0.308 e. The number of rotatable bonds is 5. The van der Waals surface area contributed by atoms with Crippen LogP contribution in [0.1, 0.15) is 34.1 Å². The van der Waals surface area contributed by atoms with E-state index in [-0.39, 0.29) is 11.8 Å². The predicted molar refractivity (Wildman–Crippen MR) is 74.7 cm³/mol. The molecule has 0 spiro atoms. The molecule has 0 N–H and O–H groups in total. The summed E-state index contributed by atoms with van der Waals surface area (Å²) in [6, 6.07) is 6.38. The van der Waals surface area contributed by atoms with Gasteiger partial charge in [0.15, 0.2) is 0 Å². The minimum absolute atomic E-state index is 0.234. The Morgan fingerprint density at radius 3 is 2.58 bits per heavy atom. The fourth-order valence-electron chi connectivity index (χ4n) is 1.76. The third-order valence-electron chi connectivity index (χ3n) is 2.56. The van der Waals surface area contributed by atoms with Crippen molar-refractivity contribution >= 4 is 11.7 Å². The van der Waals surface area contributed by atoms with Gasteiger partial charge in [0.2, 0.25) is 0 Å². The number of hydrogen-bond acceptors (Lipinski definition) is 3. The maximum atomic E-state index is 13.2. The van der Waals surface area contributed by atoms with Gasteiger partial charge in [-0.25, -0.2) is 4.39 Å². The molecular formula is C15H22FNO2. The lowest BCUT2D eigenvalue weighted by molar-refractivity contribution is -0.154. The second-order valence-electron chi connectivity index (χ2n) is 5.40. The molecule has 0 saturated heterocycles. The van der Waals surface area contributed by atoms with Gasteiger partial charge in [-0.15, -0.1) is 0 Å². The number of halogens is 1. The van der Waals surface area contributed by atoms with Crippen LogP contribution in [0, 0.1) is 5.82 Å². The van der Waals surface area contributed by atoms with Gasteiger partial charge in [0.05, 0.1) is 6.42 Å². The molecule has 0 atom stereocenters. The van der Waals surface area contributed by atoms with Crippen LogP contribution in [0.25, 0.3) is 0 Å². The fourth-order valence-corrected chi connectivity index (χ4v) is 1.76. The molecule has 19 heavy (non-hydrogen) atoms. The zero-order chi connectivity index (χ0) is 14.5. The zero-order valence-electron chi connectivity index (χ0n) is 12.1. The van der Waals surface area contributed by atoms with Gasteiger partial charge in [0, 0.05) is 18.8 Å². The Balaban J connectivity index is 2.56. The van der Waals surface area contributed by atoms with Crippen molar-refractivity contribution < 1.29 is 13.9 Å². The van der Waals surface area contributed by atoms with E-state index in [0.717, 1.165) is 5.69 Å². The topological polar surface area (TPSA) is 29.5 Å². The summed E-state index contributed by atoms with van der Waals surface area (Å²) in [4.78, 5) is 13.6. The Labute approximate surface area is 114 Å². The molecule has 1 aromatic rings. The van der Waals surface area contributed by atoms with Gasteiger partial charge in [-0.1, -0.05) is 6.07 Å². The minimum atomic E-state index is -0.465. The number of hydrogen-bond donors (Lipinski definition) is 0. The molecule has 0 amide bonds. The van der Waals surface area contributed by atoms with Crippen molar-refractivity contribution in [3.8, 4) is 0 Å². The molecule has 0 fully saturated rings. The molecule has 1 aromatic carbocycles. The first-order chi connectivity index (χ1) is 8.81. The molecule has 0 aromatic heterocycles. The van der Waals surface area contributed by atoms with Gasteiger partial charge in [-0.05, 0) is 45.9 Å². The molecule has 0 saturated carbocycles.